The number of thioether (sulfide) groups is 1. The number of benzene rings is 1. The van der Waals surface area contributed by atoms with E-state index >= 15 is 0 Å². The van der Waals surface area contributed by atoms with Crippen LogP contribution in [0.15, 0.2) is 47.5 Å². The summed E-state index contributed by atoms with van der Waals surface area (Å²) in [6, 6.07) is 8.01. The largest absolute Gasteiger partial charge is 0.308 e. The van der Waals surface area contributed by atoms with E-state index in [0.717, 1.165) is 21.4 Å². The molecular weight excluding hydrogens is 390 g/mol. The third-order valence-corrected chi connectivity index (χ3v) is 5.61. The zero-order valence-corrected chi connectivity index (χ0v) is 15.2. The van der Waals surface area contributed by atoms with Crippen molar-refractivity contribution in [3.63, 3.8) is 0 Å². The summed E-state index contributed by atoms with van der Waals surface area (Å²) in [4.78, 5) is 16.4. The summed E-state index contributed by atoms with van der Waals surface area (Å²) in [5.41, 5.74) is 3.01. The molecule has 4 rings (SSSR count). The van der Waals surface area contributed by atoms with Crippen molar-refractivity contribution >= 4 is 39.4 Å². The number of hydrogen-bond donors (Lipinski definition) is 1. The lowest BCUT2D eigenvalue weighted by Crippen LogP contribution is -2.12. The number of nitrogens with one attached hydrogen (secondary N) is 1. The number of amides is 1. The first-order chi connectivity index (χ1) is 11.6. The molecule has 1 aromatic carbocycles. The highest BCUT2D eigenvalue weighted by Crippen LogP contribution is 2.41. The summed E-state index contributed by atoms with van der Waals surface area (Å²) in [6.07, 6.45) is 5.58. The molecule has 0 radical (unpaired) electrons. The lowest BCUT2D eigenvalue weighted by Gasteiger charge is -2.16. The van der Waals surface area contributed by atoms with E-state index in [4.69, 9.17) is 0 Å². The predicted molar refractivity (Wildman–Crippen MR) is 97.4 cm³/mol. The number of carbonyl (C=O) groups excluding carboxylic acids is 1. The van der Waals surface area contributed by atoms with Gasteiger partial charge in [0.25, 0.3) is 0 Å². The Morgan fingerprint density at radius 2 is 2.12 bits per heavy atom. The van der Waals surface area contributed by atoms with Crippen LogP contribution in [0.5, 0.6) is 0 Å². The van der Waals surface area contributed by atoms with Crippen molar-refractivity contribution in [2.75, 3.05) is 11.1 Å². The molecule has 0 fully saturated rings. The van der Waals surface area contributed by atoms with Crippen LogP contribution in [0.3, 0.4) is 0 Å². The Kier molecular flexibility index (Phi) is 3.93. The van der Waals surface area contributed by atoms with Crippen LogP contribution in [0.4, 0.5) is 5.82 Å². The van der Waals surface area contributed by atoms with Crippen molar-refractivity contribution in [2.24, 2.45) is 7.05 Å². The molecule has 6 nitrogen and oxygen atoms in total. The monoisotopic (exact) mass is 403 g/mol. The predicted octanol–water partition coefficient (Wildman–Crippen LogP) is 3.14. The van der Waals surface area contributed by atoms with Crippen LogP contribution in [0.1, 0.15) is 16.5 Å². The molecule has 3 heterocycles. The Morgan fingerprint density at radius 1 is 1.33 bits per heavy atom. The van der Waals surface area contributed by atoms with Crippen molar-refractivity contribution in [1.82, 2.24) is 19.3 Å². The van der Waals surface area contributed by atoms with Gasteiger partial charge in [0.15, 0.2) is 5.82 Å². The first-order valence-electron chi connectivity index (χ1n) is 7.35. The zero-order valence-electron chi connectivity index (χ0n) is 12.8. The Balaban J connectivity index is 1.87. The van der Waals surface area contributed by atoms with E-state index in [1.807, 2.05) is 48.3 Å². The topological polar surface area (TPSA) is 64.7 Å². The first-order valence-corrected chi connectivity index (χ1v) is 9.19. The van der Waals surface area contributed by atoms with Gasteiger partial charge in [-0.3, -0.25) is 14.0 Å². The molecule has 24 heavy (non-hydrogen) atoms. The van der Waals surface area contributed by atoms with E-state index in [0.29, 0.717) is 11.6 Å². The maximum absolute atomic E-state index is 12.0. The molecule has 2 aromatic heterocycles. The fraction of sp³-hybridized carbons (Fsp3) is 0.188. The summed E-state index contributed by atoms with van der Waals surface area (Å²) < 4.78 is 4.82. The van der Waals surface area contributed by atoms with E-state index in [-0.39, 0.29) is 11.2 Å². The van der Waals surface area contributed by atoms with Gasteiger partial charge in [-0.2, -0.15) is 5.10 Å². The van der Waals surface area contributed by atoms with Crippen molar-refractivity contribution < 1.29 is 4.79 Å². The number of rotatable bonds is 2. The van der Waals surface area contributed by atoms with Crippen LogP contribution in [-0.2, 0) is 11.8 Å². The van der Waals surface area contributed by atoms with Crippen LogP contribution in [-0.4, -0.2) is 31.0 Å². The fourth-order valence-electron chi connectivity index (χ4n) is 2.75. The highest BCUT2D eigenvalue weighted by molar-refractivity contribution is 9.10. The van der Waals surface area contributed by atoms with Crippen molar-refractivity contribution in [3.8, 4) is 5.69 Å². The Labute approximate surface area is 151 Å². The molecule has 1 N–H and O–H groups in total. The Morgan fingerprint density at radius 3 is 2.83 bits per heavy atom. The van der Waals surface area contributed by atoms with Crippen molar-refractivity contribution in [3.05, 3.63) is 58.7 Å². The third kappa shape index (κ3) is 2.76. The quantitative estimate of drug-likeness (QED) is 0.713. The Bertz CT molecular complexity index is 902. The van der Waals surface area contributed by atoms with Crippen LogP contribution in [0.2, 0.25) is 0 Å². The van der Waals surface area contributed by atoms with Crippen LogP contribution in [0.25, 0.3) is 5.69 Å². The van der Waals surface area contributed by atoms with Gasteiger partial charge in [0, 0.05) is 29.0 Å². The minimum Gasteiger partial charge on any atom is -0.308 e. The summed E-state index contributed by atoms with van der Waals surface area (Å²) in [5, 5.41) is 7.16. The summed E-state index contributed by atoms with van der Waals surface area (Å²) in [7, 11) is 1.89. The highest BCUT2D eigenvalue weighted by atomic mass is 79.9. The van der Waals surface area contributed by atoms with Crippen LogP contribution in [0, 0.1) is 0 Å². The van der Waals surface area contributed by atoms with Crippen molar-refractivity contribution in [1.29, 1.82) is 0 Å². The second-order valence-corrected chi connectivity index (χ2v) is 7.52. The summed E-state index contributed by atoms with van der Waals surface area (Å²) >= 11 is 5.04. The highest BCUT2D eigenvalue weighted by Gasteiger charge is 2.29. The molecule has 3 aromatic rings. The van der Waals surface area contributed by atoms with Crippen molar-refractivity contribution in [2.45, 2.75) is 5.25 Å². The van der Waals surface area contributed by atoms with E-state index in [1.165, 1.54) is 0 Å². The standard InChI is InChI=1S/C16H14BrN5OS/c1-21-7-10(6-19-21)15-14-16(20-13(23)8-24-15)18-9-22(14)12-4-2-11(17)3-5-12/h2-7,9,15H,8H2,1H3,(H,20,23). The molecule has 0 spiro atoms. The normalized spacial score (nSPS) is 17.2. The van der Waals surface area contributed by atoms with E-state index in [9.17, 15) is 4.79 Å². The SMILES string of the molecule is Cn1cc(C2SCC(=O)Nc3ncn(-c4ccc(Br)cc4)c32)cn1. The maximum atomic E-state index is 12.0. The first kappa shape index (κ1) is 15.5. The van der Waals surface area contributed by atoms with Gasteiger partial charge in [-0.1, -0.05) is 15.9 Å². The molecule has 1 atom stereocenters. The van der Waals surface area contributed by atoms with E-state index < -0.39 is 0 Å². The van der Waals surface area contributed by atoms with Gasteiger partial charge < -0.3 is 5.32 Å². The molecule has 0 aliphatic carbocycles. The lowest BCUT2D eigenvalue weighted by molar-refractivity contribution is -0.113. The molecule has 8 heteroatoms. The number of imidazole rings is 1. The molecule has 0 bridgehead atoms. The molecule has 0 saturated carbocycles. The number of hydrogen-bond acceptors (Lipinski definition) is 4. The molecule has 1 unspecified atom stereocenters. The molecule has 122 valence electrons. The smallest absolute Gasteiger partial charge is 0.235 e. The van der Waals surface area contributed by atoms with Crippen LogP contribution >= 0.6 is 27.7 Å². The van der Waals surface area contributed by atoms with Crippen LogP contribution < -0.4 is 5.32 Å². The van der Waals surface area contributed by atoms with Gasteiger partial charge in [-0.25, -0.2) is 4.98 Å². The van der Waals surface area contributed by atoms with Gasteiger partial charge in [-0.05, 0) is 24.3 Å². The van der Waals surface area contributed by atoms with Gasteiger partial charge >= 0.3 is 0 Å². The lowest BCUT2D eigenvalue weighted by atomic mass is 10.1. The fourth-order valence-corrected chi connectivity index (χ4v) is 4.10. The number of fused-ring (bicyclic) bond motifs is 1. The van der Waals surface area contributed by atoms with Gasteiger partial charge in [0.1, 0.15) is 6.33 Å². The molecule has 1 amide bonds. The molecule has 0 saturated heterocycles. The number of anilines is 1. The second-order valence-electron chi connectivity index (χ2n) is 5.51. The van der Waals surface area contributed by atoms with Gasteiger partial charge in [-0.15, -0.1) is 11.8 Å². The molecule has 1 aliphatic heterocycles. The van der Waals surface area contributed by atoms with Gasteiger partial charge in [0.05, 0.1) is 22.9 Å². The zero-order chi connectivity index (χ0) is 16.7. The van der Waals surface area contributed by atoms with Gasteiger partial charge in [0.2, 0.25) is 5.91 Å². The number of carbonyl (C=O) groups is 1. The number of aryl methyl sites for hydroxylation is 1. The Hall–Kier alpha value is -2.06. The summed E-state index contributed by atoms with van der Waals surface area (Å²) in [5.74, 6) is 0.964. The summed E-state index contributed by atoms with van der Waals surface area (Å²) in [6.45, 7) is 0. The average molecular weight is 404 g/mol. The second kappa shape index (κ2) is 6.10. The minimum atomic E-state index is -0.0336. The van der Waals surface area contributed by atoms with E-state index in [1.54, 1.807) is 22.8 Å². The average Bonchev–Trinajstić information content (AvgIpc) is 3.12. The maximum Gasteiger partial charge on any atom is 0.235 e. The number of halogens is 1. The van der Waals surface area contributed by atoms with E-state index in [2.05, 4.69) is 31.3 Å². The molecule has 1 aliphatic rings. The number of nitrogens with zero attached hydrogens (tertiary/aromatic N) is 4. The number of aromatic nitrogens is 4. The third-order valence-electron chi connectivity index (χ3n) is 3.82. The minimum absolute atomic E-state index is 0.0150. The molecular formula is C16H14BrN5OS.